The summed E-state index contributed by atoms with van der Waals surface area (Å²) in [6, 6.07) is 14.5. The van der Waals surface area contributed by atoms with Crippen LogP contribution in [0, 0.1) is 6.92 Å². The first-order valence-corrected chi connectivity index (χ1v) is 7.46. The predicted octanol–water partition coefficient (Wildman–Crippen LogP) is 4.14. The van der Waals surface area contributed by atoms with Gasteiger partial charge >= 0.3 is 0 Å². The highest BCUT2D eigenvalue weighted by Crippen LogP contribution is 2.30. The molecular weight excluding hydrogens is 282 g/mol. The third-order valence-corrected chi connectivity index (χ3v) is 3.91. The van der Waals surface area contributed by atoms with Crippen LogP contribution in [-0.4, -0.2) is 23.6 Å². The van der Waals surface area contributed by atoms with E-state index in [0.29, 0.717) is 5.88 Å². The van der Waals surface area contributed by atoms with Gasteiger partial charge in [-0.15, -0.1) is 11.6 Å². The minimum atomic E-state index is 0.385. The molecule has 0 N–H and O–H groups in total. The number of aryl methyl sites for hydroxylation is 1. The highest BCUT2D eigenvalue weighted by molar-refractivity contribution is 6.17. The van der Waals surface area contributed by atoms with E-state index in [-0.39, 0.29) is 0 Å². The molecule has 3 aromatic rings. The SMILES string of the molecule is Cc1cccc2nc(CCl)n(-c3ccccc3N(C)C)c12. The fraction of sp³-hybridized carbons (Fsp3) is 0.235. The number of para-hydroxylation sites is 3. The third-order valence-electron chi connectivity index (χ3n) is 3.67. The van der Waals surface area contributed by atoms with Crippen molar-refractivity contribution in [3.05, 3.63) is 53.9 Å². The molecule has 0 spiro atoms. The first-order chi connectivity index (χ1) is 10.1. The molecule has 0 saturated carbocycles. The van der Waals surface area contributed by atoms with Crippen LogP contribution in [0.4, 0.5) is 5.69 Å². The minimum absolute atomic E-state index is 0.385. The number of halogens is 1. The lowest BCUT2D eigenvalue weighted by atomic mass is 10.2. The topological polar surface area (TPSA) is 21.1 Å². The van der Waals surface area contributed by atoms with Gasteiger partial charge in [-0.3, -0.25) is 4.57 Å². The number of imidazole rings is 1. The standard InChI is InChI=1S/C17H18ClN3/c1-12-7-6-8-13-17(12)21(16(11-18)19-13)15-10-5-4-9-14(15)20(2)3/h4-10H,11H2,1-3H3. The molecule has 0 amide bonds. The maximum atomic E-state index is 6.14. The molecule has 1 aromatic heterocycles. The average Bonchev–Trinajstić information content (AvgIpc) is 2.87. The van der Waals surface area contributed by atoms with Gasteiger partial charge in [0.15, 0.2) is 0 Å². The van der Waals surface area contributed by atoms with E-state index in [4.69, 9.17) is 11.6 Å². The van der Waals surface area contributed by atoms with Gasteiger partial charge in [0.2, 0.25) is 0 Å². The van der Waals surface area contributed by atoms with Crippen molar-refractivity contribution in [2.75, 3.05) is 19.0 Å². The zero-order valence-corrected chi connectivity index (χ0v) is 13.2. The zero-order chi connectivity index (χ0) is 15.0. The monoisotopic (exact) mass is 299 g/mol. The lowest BCUT2D eigenvalue weighted by molar-refractivity contribution is 0.966. The summed E-state index contributed by atoms with van der Waals surface area (Å²) in [6.07, 6.45) is 0. The molecule has 0 radical (unpaired) electrons. The van der Waals surface area contributed by atoms with Crippen LogP contribution in [0.2, 0.25) is 0 Å². The molecular formula is C17H18ClN3. The molecule has 0 unspecified atom stereocenters. The molecule has 3 nitrogen and oxygen atoms in total. The third kappa shape index (κ3) is 2.28. The number of hydrogen-bond donors (Lipinski definition) is 0. The van der Waals surface area contributed by atoms with Crippen LogP contribution >= 0.6 is 11.6 Å². The van der Waals surface area contributed by atoms with Crippen molar-refractivity contribution >= 4 is 28.3 Å². The second kappa shape index (κ2) is 5.41. The highest BCUT2D eigenvalue weighted by Gasteiger charge is 2.16. The lowest BCUT2D eigenvalue weighted by Gasteiger charge is -2.19. The number of benzene rings is 2. The van der Waals surface area contributed by atoms with Crippen LogP contribution in [0.15, 0.2) is 42.5 Å². The Morgan fingerprint density at radius 1 is 1.10 bits per heavy atom. The predicted molar refractivity (Wildman–Crippen MR) is 89.7 cm³/mol. The number of rotatable bonds is 3. The van der Waals surface area contributed by atoms with Gasteiger partial charge in [0, 0.05) is 14.1 Å². The van der Waals surface area contributed by atoms with Crippen molar-refractivity contribution < 1.29 is 0 Å². The first-order valence-electron chi connectivity index (χ1n) is 6.93. The summed E-state index contributed by atoms with van der Waals surface area (Å²) in [4.78, 5) is 6.79. The number of anilines is 1. The van der Waals surface area contributed by atoms with E-state index in [2.05, 4.69) is 39.6 Å². The van der Waals surface area contributed by atoms with Gasteiger partial charge in [-0.25, -0.2) is 4.98 Å². The largest absolute Gasteiger partial charge is 0.376 e. The molecule has 0 aliphatic carbocycles. The van der Waals surface area contributed by atoms with Gasteiger partial charge in [0.1, 0.15) is 5.82 Å². The van der Waals surface area contributed by atoms with Crippen LogP contribution in [0.3, 0.4) is 0 Å². The number of fused-ring (bicyclic) bond motifs is 1. The van der Waals surface area contributed by atoms with Crippen molar-refractivity contribution in [3.8, 4) is 5.69 Å². The van der Waals surface area contributed by atoms with Crippen molar-refractivity contribution in [1.82, 2.24) is 9.55 Å². The van der Waals surface area contributed by atoms with Crippen LogP contribution in [0.1, 0.15) is 11.4 Å². The molecule has 4 heteroatoms. The highest BCUT2D eigenvalue weighted by atomic mass is 35.5. The van der Waals surface area contributed by atoms with Gasteiger partial charge in [-0.05, 0) is 30.7 Å². The van der Waals surface area contributed by atoms with Gasteiger partial charge in [-0.1, -0.05) is 24.3 Å². The number of aromatic nitrogens is 2. The molecule has 0 bridgehead atoms. The summed E-state index contributed by atoms with van der Waals surface area (Å²) in [6.45, 7) is 2.11. The Balaban J connectivity index is 2.40. The Hall–Kier alpha value is -2.00. The minimum Gasteiger partial charge on any atom is -0.376 e. The van der Waals surface area contributed by atoms with Gasteiger partial charge in [-0.2, -0.15) is 0 Å². The summed E-state index contributed by atoms with van der Waals surface area (Å²) in [5.74, 6) is 1.26. The summed E-state index contributed by atoms with van der Waals surface area (Å²) in [5.41, 5.74) is 5.56. The van der Waals surface area contributed by atoms with Gasteiger partial charge in [0.05, 0.1) is 28.3 Å². The normalized spacial score (nSPS) is 11.0. The summed E-state index contributed by atoms with van der Waals surface area (Å²) in [5, 5.41) is 0. The average molecular weight is 300 g/mol. The molecule has 108 valence electrons. The van der Waals surface area contributed by atoms with Crippen molar-refractivity contribution in [2.45, 2.75) is 12.8 Å². The number of alkyl halides is 1. The Morgan fingerprint density at radius 2 is 1.86 bits per heavy atom. The molecule has 2 aromatic carbocycles. The van der Waals surface area contributed by atoms with E-state index >= 15 is 0 Å². The molecule has 3 rings (SSSR count). The van der Waals surface area contributed by atoms with E-state index in [9.17, 15) is 0 Å². The molecule has 21 heavy (non-hydrogen) atoms. The fourth-order valence-corrected chi connectivity index (χ4v) is 2.90. The van der Waals surface area contributed by atoms with E-state index in [1.165, 1.54) is 5.56 Å². The fourth-order valence-electron chi connectivity index (χ4n) is 2.72. The van der Waals surface area contributed by atoms with Crippen molar-refractivity contribution in [3.63, 3.8) is 0 Å². The summed E-state index contributed by atoms with van der Waals surface area (Å²) in [7, 11) is 4.09. The van der Waals surface area contributed by atoms with Gasteiger partial charge in [0.25, 0.3) is 0 Å². The van der Waals surface area contributed by atoms with E-state index < -0.39 is 0 Å². The Kier molecular flexibility index (Phi) is 3.60. The number of nitrogens with zero attached hydrogens (tertiary/aromatic N) is 3. The summed E-state index contributed by atoms with van der Waals surface area (Å²) < 4.78 is 2.17. The summed E-state index contributed by atoms with van der Waals surface area (Å²) >= 11 is 6.14. The van der Waals surface area contributed by atoms with Crippen LogP contribution in [0.25, 0.3) is 16.7 Å². The molecule has 0 saturated heterocycles. The molecule has 0 atom stereocenters. The van der Waals surface area contributed by atoms with Crippen molar-refractivity contribution in [1.29, 1.82) is 0 Å². The smallest absolute Gasteiger partial charge is 0.129 e. The maximum Gasteiger partial charge on any atom is 0.129 e. The zero-order valence-electron chi connectivity index (χ0n) is 12.5. The molecule has 0 fully saturated rings. The second-order valence-electron chi connectivity index (χ2n) is 5.32. The molecule has 0 aliphatic rings. The lowest BCUT2D eigenvalue weighted by Crippen LogP contribution is -2.13. The maximum absolute atomic E-state index is 6.14. The Morgan fingerprint density at radius 3 is 2.57 bits per heavy atom. The number of hydrogen-bond acceptors (Lipinski definition) is 2. The Labute approximate surface area is 129 Å². The van der Waals surface area contributed by atoms with Crippen molar-refractivity contribution in [2.24, 2.45) is 0 Å². The molecule has 0 aliphatic heterocycles. The van der Waals surface area contributed by atoms with Crippen LogP contribution in [-0.2, 0) is 5.88 Å². The van der Waals surface area contributed by atoms with E-state index in [0.717, 1.165) is 28.2 Å². The van der Waals surface area contributed by atoms with E-state index in [1.54, 1.807) is 0 Å². The molecule has 1 heterocycles. The second-order valence-corrected chi connectivity index (χ2v) is 5.59. The quantitative estimate of drug-likeness (QED) is 0.678. The van der Waals surface area contributed by atoms with Gasteiger partial charge < -0.3 is 4.90 Å². The first kappa shape index (κ1) is 14.0. The van der Waals surface area contributed by atoms with Crippen LogP contribution in [0.5, 0.6) is 0 Å². The Bertz CT molecular complexity index is 790. The van der Waals surface area contributed by atoms with Crippen LogP contribution < -0.4 is 4.90 Å². The van der Waals surface area contributed by atoms with E-state index in [1.807, 2.05) is 38.4 Å².